The Morgan fingerprint density at radius 1 is 1.29 bits per heavy atom. The van der Waals surface area contributed by atoms with Crippen molar-refractivity contribution in [3.05, 3.63) is 16.6 Å². The number of thiazole rings is 1. The van der Waals surface area contributed by atoms with E-state index in [1.54, 1.807) is 6.20 Å². The molecule has 0 spiro atoms. The average molecular weight is 218 g/mol. The molecule has 0 aromatic carbocycles. The van der Waals surface area contributed by atoms with E-state index in [0.717, 1.165) is 5.01 Å². The summed E-state index contributed by atoms with van der Waals surface area (Å²) in [5.74, 6) is 0. The number of hydrogen-bond donors (Lipinski definition) is 4. The molecule has 0 radical (unpaired) electrons. The van der Waals surface area contributed by atoms with Crippen molar-refractivity contribution < 1.29 is 15.3 Å². The molecule has 0 amide bonds. The molecule has 0 aliphatic carbocycles. The summed E-state index contributed by atoms with van der Waals surface area (Å²) in [4.78, 5) is 4.03. The zero-order chi connectivity index (χ0) is 10.4. The van der Waals surface area contributed by atoms with Gasteiger partial charge in [-0.05, 0) is 0 Å². The number of aliphatic hydroxyl groups is 3. The van der Waals surface area contributed by atoms with E-state index in [0.29, 0.717) is 6.54 Å². The van der Waals surface area contributed by atoms with Crippen molar-refractivity contribution in [3.8, 4) is 0 Å². The zero-order valence-electron chi connectivity index (χ0n) is 7.68. The van der Waals surface area contributed by atoms with Crippen molar-refractivity contribution in [3.63, 3.8) is 0 Å². The Kier molecular flexibility index (Phi) is 4.43. The highest BCUT2D eigenvalue weighted by Gasteiger charge is 2.27. The Hall–Kier alpha value is -0.530. The van der Waals surface area contributed by atoms with Gasteiger partial charge in [0.2, 0.25) is 0 Å². The summed E-state index contributed by atoms with van der Waals surface area (Å²) in [6.45, 7) is -0.512. The van der Waals surface area contributed by atoms with Crippen molar-refractivity contribution in [2.75, 3.05) is 19.8 Å². The summed E-state index contributed by atoms with van der Waals surface area (Å²) >= 11 is 1.48. The molecule has 0 aliphatic rings. The predicted molar refractivity (Wildman–Crippen MR) is 52.9 cm³/mol. The van der Waals surface area contributed by atoms with Crippen LogP contribution in [0, 0.1) is 0 Å². The number of aliphatic hydroxyl groups excluding tert-OH is 3. The molecule has 0 bridgehead atoms. The van der Waals surface area contributed by atoms with Crippen LogP contribution in [0.5, 0.6) is 0 Å². The Morgan fingerprint density at radius 3 is 2.36 bits per heavy atom. The van der Waals surface area contributed by atoms with Gasteiger partial charge < -0.3 is 15.3 Å². The highest BCUT2D eigenvalue weighted by molar-refractivity contribution is 7.09. The van der Waals surface area contributed by atoms with E-state index in [9.17, 15) is 0 Å². The number of aromatic nitrogens is 1. The SMILES string of the molecule is OCC(CO)(CO)NCc1nccs1. The van der Waals surface area contributed by atoms with Gasteiger partial charge in [0.1, 0.15) is 5.01 Å². The van der Waals surface area contributed by atoms with Crippen molar-refractivity contribution in [2.24, 2.45) is 0 Å². The highest BCUT2D eigenvalue weighted by atomic mass is 32.1. The fourth-order valence-corrected chi connectivity index (χ4v) is 1.48. The smallest absolute Gasteiger partial charge is 0.106 e. The summed E-state index contributed by atoms with van der Waals surface area (Å²) in [5.41, 5.74) is -1.02. The maximum atomic E-state index is 9.01. The third-order valence-corrected chi connectivity index (χ3v) is 2.79. The molecule has 0 fully saturated rings. The lowest BCUT2D eigenvalue weighted by Crippen LogP contribution is -2.54. The first-order valence-corrected chi connectivity index (χ1v) is 5.10. The van der Waals surface area contributed by atoms with Crippen molar-refractivity contribution in [1.82, 2.24) is 10.3 Å². The number of rotatable bonds is 6. The second kappa shape index (κ2) is 5.38. The van der Waals surface area contributed by atoms with Gasteiger partial charge in [-0.3, -0.25) is 5.32 Å². The van der Waals surface area contributed by atoms with Gasteiger partial charge in [0.15, 0.2) is 0 Å². The second-order valence-electron chi connectivity index (χ2n) is 3.03. The predicted octanol–water partition coefficient (Wildman–Crippen LogP) is -1.05. The molecule has 1 heterocycles. The van der Waals surface area contributed by atoms with E-state index < -0.39 is 5.54 Å². The first-order valence-electron chi connectivity index (χ1n) is 4.22. The molecule has 14 heavy (non-hydrogen) atoms. The molecule has 5 nitrogen and oxygen atoms in total. The average Bonchev–Trinajstić information content (AvgIpc) is 2.74. The minimum absolute atomic E-state index is 0.314. The molecule has 80 valence electrons. The first kappa shape index (κ1) is 11.5. The fraction of sp³-hybridized carbons (Fsp3) is 0.625. The minimum atomic E-state index is -1.02. The lowest BCUT2D eigenvalue weighted by atomic mass is 10.0. The van der Waals surface area contributed by atoms with Crippen LogP contribution in [0.3, 0.4) is 0 Å². The summed E-state index contributed by atoms with van der Waals surface area (Å²) in [6, 6.07) is 0. The van der Waals surface area contributed by atoms with Gasteiger partial charge in [-0.2, -0.15) is 0 Å². The maximum absolute atomic E-state index is 9.01. The molecule has 1 rings (SSSR count). The third-order valence-electron chi connectivity index (χ3n) is 2.01. The van der Waals surface area contributed by atoms with E-state index in [4.69, 9.17) is 15.3 Å². The van der Waals surface area contributed by atoms with Crippen LogP contribution < -0.4 is 5.32 Å². The second-order valence-corrected chi connectivity index (χ2v) is 4.01. The van der Waals surface area contributed by atoms with Crippen molar-refractivity contribution in [1.29, 1.82) is 0 Å². The molecule has 0 saturated carbocycles. The topological polar surface area (TPSA) is 85.6 Å². The van der Waals surface area contributed by atoms with E-state index in [1.807, 2.05) is 5.38 Å². The van der Waals surface area contributed by atoms with Gasteiger partial charge in [0.25, 0.3) is 0 Å². The molecule has 1 aromatic rings. The van der Waals surface area contributed by atoms with Crippen LogP contribution in [0.25, 0.3) is 0 Å². The van der Waals surface area contributed by atoms with Crippen LogP contribution in [-0.4, -0.2) is 45.7 Å². The number of hydrogen-bond acceptors (Lipinski definition) is 6. The quantitative estimate of drug-likeness (QED) is 0.489. The summed E-state index contributed by atoms with van der Waals surface area (Å²) in [7, 11) is 0. The van der Waals surface area contributed by atoms with Crippen molar-refractivity contribution >= 4 is 11.3 Å². The monoisotopic (exact) mass is 218 g/mol. The standard InChI is InChI=1S/C8H14N2O3S/c11-4-8(5-12,6-13)10-3-7-9-1-2-14-7/h1-2,10-13H,3-6H2. The molecular weight excluding hydrogens is 204 g/mol. The Labute approximate surface area is 86.0 Å². The number of nitrogens with one attached hydrogen (secondary N) is 1. The van der Waals surface area contributed by atoms with E-state index in [-0.39, 0.29) is 19.8 Å². The van der Waals surface area contributed by atoms with Crippen LogP contribution >= 0.6 is 11.3 Å². The van der Waals surface area contributed by atoms with E-state index >= 15 is 0 Å². The maximum Gasteiger partial charge on any atom is 0.106 e. The number of nitrogens with zero attached hydrogens (tertiary/aromatic N) is 1. The summed E-state index contributed by atoms with van der Waals surface area (Å²) in [6.07, 6.45) is 1.68. The van der Waals surface area contributed by atoms with Crippen LogP contribution in [0.1, 0.15) is 5.01 Å². The molecule has 0 unspecified atom stereocenters. The lowest BCUT2D eigenvalue weighted by Gasteiger charge is -2.28. The van der Waals surface area contributed by atoms with Gasteiger partial charge in [0.05, 0.1) is 25.4 Å². The Balaban J connectivity index is 2.48. The van der Waals surface area contributed by atoms with Crippen LogP contribution in [0.2, 0.25) is 0 Å². The van der Waals surface area contributed by atoms with Gasteiger partial charge >= 0.3 is 0 Å². The van der Waals surface area contributed by atoms with Crippen LogP contribution in [-0.2, 0) is 6.54 Å². The Bertz CT molecular complexity index is 241. The molecular formula is C8H14N2O3S. The third kappa shape index (κ3) is 2.73. The first-order chi connectivity index (χ1) is 6.76. The highest BCUT2D eigenvalue weighted by Crippen LogP contribution is 2.07. The molecule has 0 saturated heterocycles. The van der Waals surface area contributed by atoms with Gasteiger partial charge in [-0.15, -0.1) is 11.3 Å². The minimum Gasteiger partial charge on any atom is -0.394 e. The van der Waals surface area contributed by atoms with Crippen molar-refractivity contribution in [2.45, 2.75) is 12.1 Å². The van der Waals surface area contributed by atoms with Gasteiger partial charge in [-0.1, -0.05) is 0 Å². The fourth-order valence-electron chi connectivity index (χ4n) is 0.921. The van der Waals surface area contributed by atoms with E-state index in [2.05, 4.69) is 10.3 Å². The Morgan fingerprint density at radius 2 is 1.93 bits per heavy atom. The zero-order valence-corrected chi connectivity index (χ0v) is 8.50. The molecule has 1 aromatic heterocycles. The lowest BCUT2D eigenvalue weighted by molar-refractivity contribution is 0.0413. The van der Waals surface area contributed by atoms with Crippen LogP contribution in [0.15, 0.2) is 11.6 Å². The summed E-state index contributed by atoms with van der Waals surface area (Å²) < 4.78 is 0. The van der Waals surface area contributed by atoms with Crippen LogP contribution in [0.4, 0.5) is 0 Å². The summed E-state index contributed by atoms with van der Waals surface area (Å²) in [5, 5.41) is 32.6. The van der Waals surface area contributed by atoms with Gasteiger partial charge in [0, 0.05) is 18.1 Å². The van der Waals surface area contributed by atoms with Gasteiger partial charge in [-0.25, -0.2) is 4.98 Å². The normalized spacial score (nSPS) is 11.9. The largest absolute Gasteiger partial charge is 0.394 e. The molecule has 0 aliphatic heterocycles. The molecule has 0 atom stereocenters. The molecule has 6 heteroatoms. The molecule has 4 N–H and O–H groups in total. The van der Waals surface area contributed by atoms with E-state index in [1.165, 1.54) is 11.3 Å².